The average molecular weight is 278 g/mol. The van der Waals surface area contributed by atoms with E-state index in [1.165, 1.54) is 0 Å². The lowest BCUT2D eigenvalue weighted by atomic mass is 9.50. The molecule has 0 atom stereocenters. The number of rotatable bonds is 3. The van der Waals surface area contributed by atoms with Gasteiger partial charge in [-0.15, -0.1) is 0 Å². The van der Waals surface area contributed by atoms with Gasteiger partial charge in [0.25, 0.3) is 0 Å². The Kier molecular flexibility index (Phi) is 2.35. The minimum atomic E-state index is -2.40. The molecule has 1 spiro atoms. The van der Waals surface area contributed by atoms with Crippen LogP contribution in [0.15, 0.2) is 24.7 Å². The fourth-order valence-electron chi connectivity index (χ4n) is 3.79. The Morgan fingerprint density at radius 1 is 1.30 bits per heavy atom. The number of alkyl halides is 2. The fraction of sp³-hybridized carbons (Fsp3) is 0.571. The minimum absolute atomic E-state index is 0.0453. The molecule has 0 radical (unpaired) electrons. The van der Waals surface area contributed by atoms with Crippen molar-refractivity contribution in [3.05, 3.63) is 24.7 Å². The van der Waals surface area contributed by atoms with E-state index in [0.29, 0.717) is 11.7 Å². The molecule has 2 saturated carbocycles. The van der Waals surface area contributed by atoms with Crippen molar-refractivity contribution in [2.24, 2.45) is 11.3 Å². The van der Waals surface area contributed by atoms with Crippen molar-refractivity contribution in [2.75, 3.05) is 11.9 Å². The van der Waals surface area contributed by atoms with E-state index in [-0.39, 0.29) is 18.3 Å². The average Bonchev–Trinajstić information content (AvgIpc) is 2.77. The quantitative estimate of drug-likeness (QED) is 0.938. The molecule has 106 valence electrons. The van der Waals surface area contributed by atoms with E-state index in [0.717, 1.165) is 25.2 Å². The molecule has 2 aromatic rings. The lowest BCUT2D eigenvalue weighted by Gasteiger charge is -2.57. The van der Waals surface area contributed by atoms with Gasteiger partial charge in [0, 0.05) is 38.0 Å². The Balaban J connectivity index is 1.31. The smallest absolute Gasteiger partial charge is 0.249 e. The lowest BCUT2D eigenvalue weighted by molar-refractivity contribution is -0.204. The van der Waals surface area contributed by atoms with Gasteiger partial charge >= 0.3 is 0 Å². The number of anilines is 1. The molecule has 0 saturated heterocycles. The molecule has 0 aliphatic heterocycles. The van der Waals surface area contributed by atoms with Gasteiger partial charge in [0.15, 0.2) is 0 Å². The van der Waals surface area contributed by atoms with Gasteiger partial charge in [-0.3, -0.25) is 4.40 Å². The topological polar surface area (TPSA) is 42.2 Å². The summed E-state index contributed by atoms with van der Waals surface area (Å²) in [5, 5.41) is 3.28. The van der Waals surface area contributed by atoms with E-state index in [1.54, 1.807) is 6.20 Å². The van der Waals surface area contributed by atoms with Crippen LogP contribution in [-0.2, 0) is 0 Å². The van der Waals surface area contributed by atoms with Gasteiger partial charge in [0.2, 0.25) is 11.7 Å². The minimum Gasteiger partial charge on any atom is -0.370 e. The van der Waals surface area contributed by atoms with Gasteiger partial charge in [0.05, 0.1) is 0 Å². The predicted molar refractivity (Wildman–Crippen MR) is 70.8 cm³/mol. The summed E-state index contributed by atoms with van der Waals surface area (Å²) in [5.74, 6) is -0.447. The summed E-state index contributed by atoms with van der Waals surface area (Å²) in [6.45, 7) is 0.803. The second kappa shape index (κ2) is 3.90. The zero-order valence-corrected chi connectivity index (χ0v) is 11.0. The third kappa shape index (κ3) is 1.94. The van der Waals surface area contributed by atoms with Crippen LogP contribution in [0.5, 0.6) is 0 Å². The molecule has 2 aliphatic rings. The first-order valence-corrected chi connectivity index (χ1v) is 6.95. The maximum atomic E-state index is 12.9. The standard InChI is InChI=1S/C14H16F2N4/c15-14(16)8-13(9-14)5-10(6-13)7-18-11-1-3-20-4-2-17-12(20)19-11/h1-4,10H,5-9H2,(H,17,18,19). The molecule has 0 bridgehead atoms. The van der Waals surface area contributed by atoms with Gasteiger partial charge in [-0.25, -0.2) is 13.8 Å². The van der Waals surface area contributed by atoms with Crippen LogP contribution in [0.1, 0.15) is 25.7 Å². The second-order valence-corrected chi connectivity index (χ2v) is 6.31. The maximum Gasteiger partial charge on any atom is 0.249 e. The van der Waals surface area contributed by atoms with E-state index in [4.69, 9.17) is 0 Å². The maximum absolute atomic E-state index is 12.9. The highest BCUT2D eigenvalue weighted by atomic mass is 19.3. The van der Waals surface area contributed by atoms with Gasteiger partial charge in [-0.05, 0) is 30.2 Å². The fourth-order valence-corrected chi connectivity index (χ4v) is 3.79. The van der Waals surface area contributed by atoms with Crippen molar-refractivity contribution < 1.29 is 8.78 Å². The third-order valence-electron chi connectivity index (χ3n) is 4.54. The summed E-state index contributed by atoms with van der Waals surface area (Å²) < 4.78 is 27.7. The molecular weight excluding hydrogens is 262 g/mol. The van der Waals surface area contributed by atoms with Crippen LogP contribution < -0.4 is 5.32 Å². The Morgan fingerprint density at radius 3 is 2.85 bits per heavy atom. The summed E-state index contributed by atoms with van der Waals surface area (Å²) in [7, 11) is 0. The Labute approximate surface area is 115 Å². The van der Waals surface area contributed by atoms with E-state index in [9.17, 15) is 8.78 Å². The molecule has 4 nitrogen and oxygen atoms in total. The molecule has 0 amide bonds. The van der Waals surface area contributed by atoms with Crippen molar-refractivity contribution >= 4 is 11.6 Å². The molecule has 2 aromatic heterocycles. The Hall–Kier alpha value is -1.72. The van der Waals surface area contributed by atoms with Gasteiger partial charge in [-0.1, -0.05) is 0 Å². The summed E-state index contributed by atoms with van der Waals surface area (Å²) in [4.78, 5) is 8.51. The van der Waals surface area contributed by atoms with Crippen LogP contribution in [0.4, 0.5) is 14.6 Å². The molecule has 20 heavy (non-hydrogen) atoms. The third-order valence-corrected chi connectivity index (χ3v) is 4.54. The van der Waals surface area contributed by atoms with Gasteiger partial charge in [-0.2, -0.15) is 4.98 Å². The van der Waals surface area contributed by atoms with E-state index < -0.39 is 5.92 Å². The molecule has 2 heterocycles. The highest BCUT2D eigenvalue weighted by Gasteiger charge is 2.61. The lowest BCUT2D eigenvalue weighted by Crippen LogP contribution is -2.54. The summed E-state index contributed by atoms with van der Waals surface area (Å²) >= 11 is 0. The van der Waals surface area contributed by atoms with Gasteiger partial charge in [0.1, 0.15) is 5.82 Å². The number of nitrogens with one attached hydrogen (secondary N) is 1. The van der Waals surface area contributed by atoms with Crippen LogP contribution in [0, 0.1) is 11.3 Å². The number of hydrogen-bond donors (Lipinski definition) is 1. The number of halogens is 2. The number of imidazole rings is 1. The van der Waals surface area contributed by atoms with Crippen LogP contribution >= 0.6 is 0 Å². The number of aromatic nitrogens is 3. The summed E-state index contributed by atoms with van der Waals surface area (Å²) in [6.07, 6.45) is 7.48. The van der Waals surface area contributed by atoms with Crippen LogP contribution in [0.3, 0.4) is 0 Å². The largest absolute Gasteiger partial charge is 0.370 e. The van der Waals surface area contributed by atoms with Gasteiger partial charge < -0.3 is 5.32 Å². The van der Waals surface area contributed by atoms with E-state index in [1.807, 2.05) is 22.9 Å². The van der Waals surface area contributed by atoms with Crippen molar-refractivity contribution in [2.45, 2.75) is 31.6 Å². The zero-order valence-electron chi connectivity index (χ0n) is 11.0. The summed E-state index contributed by atoms with van der Waals surface area (Å²) in [5.41, 5.74) is -0.0453. The zero-order chi connectivity index (χ0) is 13.8. The molecule has 0 aromatic carbocycles. The van der Waals surface area contributed by atoms with Crippen molar-refractivity contribution in [1.82, 2.24) is 14.4 Å². The molecule has 2 aliphatic carbocycles. The number of nitrogens with zero attached hydrogens (tertiary/aromatic N) is 3. The number of fused-ring (bicyclic) bond motifs is 1. The Morgan fingerprint density at radius 2 is 2.10 bits per heavy atom. The first-order chi connectivity index (χ1) is 9.54. The van der Waals surface area contributed by atoms with Crippen LogP contribution in [0.25, 0.3) is 5.78 Å². The predicted octanol–water partition coefficient (Wildman–Crippen LogP) is 2.97. The molecule has 0 unspecified atom stereocenters. The first-order valence-electron chi connectivity index (χ1n) is 6.95. The van der Waals surface area contributed by atoms with Crippen molar-refractivity contribution in [1.29, 1.82) is 0 Å². The van der Waals surface area contributed by atoms with Crippen molar-refractivity contribution in [3.8, 4) is 0 Å². The second-order valence-electron chi connectivity index (χ2n) is 6.31. The highest BCUT2D eigenvalue weighted by Crippen LogP contribution is 2.64. The highest BCUT2D eigenvalue weighted by molar-refractivity contribution is 5.41. The normalized spacial score (nSPS) is 23.5. The molecule has 1 N–H and O–H groups in total. The first kappa shape index (κ1) is 12.1. The van der Waals surface area contributed by atoms with E-state index in [2.05, 4.69) is 15.3 Å². The summed E-state index contributed by atoms with van der Waals surface area (Å²) in [6, 6.07) is 1.90. The Bertz CT molecular complexity index is 635. The van der Waals surface area contributed by atoms with Crippen molar-refractivity contribution in [3.63, 3.8) is 0 Å². The SMILES string of the molecule is FC1(F)CC2(CC(CNc3ccn4ccnc4n3)C2)C1. The molecular formula is C14H16F2N4. The van der Waals surface area contributed by atoms with Crippen LogP contribution in [-0.4, -0.2) is 26.8 Å². The molecule has 4 rings (SSSR count). The molecule has 2 fully saturated rings. The molecule has 6 heteroatoms. The number of hydrogen-bond acceptors (Lipinski definition) is 3. The van der Waals surface area contributed by atoms with Crippen LogP contribution in [0.2, 0.25) is 0 Å². The van der Waals surface area contributed by atoms with E-state index >= 15 is 0 Å². The monoisotopic (exact) mass is 278 g/mol.